The summed E-state index contributed by atoms with van der Waals surface area (Å²) in [7, 11) is 0. The third-order valence-electron chi connectivity index (χ3n) is 3.87. The summed E-state index contributed by atoms with van der Waals surface area (Å²) in [6.45, 7) is 4.29. The monoisotopic (exact) mass is 277 g/mol. The third kappa shape index (κ3) is 15.3. The fraction of sp³-hybridized carbons (Fsp3) is 0.842. The van der Waals surface area contributed by atoms with E-state index in [1.165, 1.54) is 77.0 Å². The lowest BCUT2D eigenvalue weighted by molar-refractivity contribution is 0.544. The minimum absolute atomic E-state index is 0.248. The zero-order valence-electron chi connectivity index (χ0n) is 13.9. The normalized spacial score (nSPS) is 12.7. The molecular weight excluding hydrogens is 242 g/mol. The van der Waals surface area contributed by atoms with Gasteiger partial charge in [-0.25, -0.2) is 0 Å². The number of hydrogen-bond donors (Lipinski definition) is 0. The van der Waals surface area contributed by atoms with Crippen LogP contribution in [-0.2, 0) is 0 Å². The molecule has 1 unspecified atom stereocenters. The second kappa shape index (κ2) is 16.3. The topological polar surface area (TPSA) is 23.8 Å². The molecule has 0 fully saturated rings. The van der Waals surface area contributed by atoms with Crippen molar-refractivity contribution >= 4 is 0 Å². The zero-order chi connectivity index (χ0) is 14.9. The van der Waals surface area contributed by atoms with Crippen molar-refractivity contribution in [3.8, 4) is 6.07 Å². The maximum Gasteiger partial charge on any atom is 0.0652 e. The van der Waals surface area contributed by atoms with Gasteiger partial charge in [0.05, 0.1) is 6.07 Å². The summed E-state index contributed by atoms with van der Waals surface area (Å²) >= 11 is 0. The van der Waals surface area contributed by atoms with Crippen LogP contribution in [0.2, 0.25) is 0 Å². The molecule has 0 aliphatic carbocycles. The molecule has 0 saturated carbocycles. The first kappa shape index (κ1) is 19.2. The molecule has 0 bridgehead atoms. The van der Waals surface area contributed by atoms with Gasteiger partial charge in [0.2, 0.25) is 0 Å². The molecule has 0 aliphatic rings. The van der Waals surface area contributed by atoms with Crippen molar-refractivity contribution in [3.63, 3.8) is 0 Å². The van der Waals surface area contributed by atoms with Crippen molar-refractivity contribution in [3.05, 3.63) is 12.2 Å². The lowest BCUT2D eigenvalue weighted by Crippen LogP contribution is -1.89. The predicted molar refractivity (Wildman–Crippen MR) is 89.6 cm³/mol. The summed E-state index contributed by atoms with van der Waals surface area (Å²) in [6, 6.07) is 2.30. The van der Waals surface area contributed by atoms with E-state index in [0.29, 0.717) is 0 Å². The van der Waals surface area contributed by atoms with Gasteiger partial charge in [0.15, 0.2) is 0 Å². The maximum atomic E-state index is 8.68. The van der Waals surface area contributed by atoms with Crippen LogP contribution < -0.4 is 0 Å². The second-order valence-electron chi connectivity index (χ2n) is 6.05. The fourth-order valence-corrected chi connectivity index (χ4v) is 2.41. The first-order valence-corrected chi connectivity index (χ1v) is 8.85. The number of hydrogen-bond acceptors (Lipinski definition) is 1. The molecule has 0 amide bonds. The minimum atomic E-state index is 0.248. The molecule has 0 saturated heterocycles. The second-order valence-corrected chi connectivity index (χ2v) is 6.05. The van der Waals surface area contributed by atoms with Crippen LogP contribution in [0.3, 0.4) is 0 Å². The van der Waals surface area contributed by atoms with Crippen LogP contribution in [0.15, 0.2) is 12.2 Å². The van der Waals surface area contributed by atoms with E-state index in [1.54, 1.807) is 0 Å². The Hall–Kier alpha value is -0.770. The van der Waals surface area contributed by atoms with Crippen LogP contribution in [0.5, 0.6) is 0 Å². The predicted octanol–water partition coefficient (Wildman–Crippen LogP) is 6.79. The zero-order valence-corrected chi connectivity index (χ0v) is 13.9. The number of rotatable bonds is 14. The van der Waals surface area contributed by atoms with Gasteiger partial charge in [-0.1, -0.05) is 70.4 Å². The van der Waals surface area contributed by atoms with Gasteiger partial charge < -0.3 is 0 Å². The Morgan fingerprint density at radius 2 is 1.30 bits per heavy atom. The largest absolute Gasteiger partial charge is 0.198 e. The molecule has 0 N–H and O–H groups in total. The van der Waals surface area contributed by atoms with Crippen LogP contribution in [0.1, 0.15) is 97.3 Å². The molecule has 0 heterocycles. The smallest absolute Gasteiger partial charge is 0.0652 e. The van der Waals surface area contributed by atoms with Gasteiger partial charge in [-0.15, -0.1) is 0 Å². The van der Waals surface area contributed by atoms with Crippen LogP contribution in [0, 0.1) is 17.2 Å². The number of nitriles is 1. The summed E-state index contributed by atoms with van der Waals surface area (Å²) in [5.41, 5.74) is 0. The average Bonchev–Trinajstić information content (AvgIpc) is 2.47. The average molecular weight is 277 g/mol. The molecule has 1 heteroatoms. The van der Waals surface area contributed by atoms with E-state index >= 15 is 0 Å². The van der Waals surface area contributed by atoms with Crippen LogP contribution >= 0.6 is 0 Å². The lowest BCUT2D eigenvalue weighted by Gasteiger charge is -2.02. The minimum Gasteiger partial charge on any atom is -0.198 e. The summed E-state index contributed by atoms with van der Waals surface area (Å²) in [4.78, 5) is 0. The third-order valence-corrected chi connectivity index (χ3v) is 3.87. The van der Waals surface area contributed by atoms with Gasteiger partial charge in [-0.05, 0) is 39.0 Å². The SMILES string of the molecule is CCCCCC/C=C\CCCCCCCCC(C)C#N. The highest BCUT2D eigenvalue weighted by Crippen LogP contribution is 2.12. The summed E-state index contributed by atoms with van der Waals surface area (Å²) in [6.07, 6.45) is 21.8. The van der Waals surface area contributed by atoms with Crippen LogP contribution in [0.4, 0.5) is 0 Å². The van der Waals surface area contributed by atoms with Crippen molar-refractivity contribution in [1.29, 1.82) is 5.26 Å². The van der Waals surface area contributed by atoms with Gasteiger partial charge in [-0.2, -0.15) is 5.26 Å². The molecular formula is C19H35N. The molecule has 0 aromatic carbocycles. The molecule has 0 rings (SSSR count). The Labute approximate surface area is 127 Å². The molecule has 116 valence electrons. The van der Waals surface area contributed by atoms with Gasteiger partial charge in [0.25, 0.3) is 0 Å². The van der Waals surface area contributed by atoms with Gasteiger partial charge >= 0.3 is 0 Å². The molecule has 1 atom stereocenters. The van der Waals surface area contributed by atoms with Crippen molar-refractivity contribution < 1.29 is 0 Å². The van der Waals surface area contributed by atoms with E-state index in [0.717, 1.165) is 6.42 Å². The molecule has 0 aliphatic heterocycles. The fourth-order valence-electron chi connectivity index (χ4n) is 2.41. The number of unbranched alkanes of at least 4 members (excludes halogenated alkanes) is 10. The van der Waals surface area contributed by atoms with Crippen molar-refractivity contribution in [2.24, 2.45) is 5.92 Å². The van der Waals surface area contributed by atoms with Crippen molar-refractivity contribution in [2.75, 3.05) is 0 Å². The quantitative estimate of drug-likeness (QED) is 0.253. The van der Waals surface area contributed by atoms with E-state index < -0.39 is 0 Å². The molecule has 0 spiro atoms. The van der Waals surface area contributed by atoms with E-state index in [9.17, 15) is 0 Å². The standard InChI is InChI=1S/C19H35N/c1-3-4-5-6-7-8-9-10-11-12-13-14-15-16-17-19(2)18-20/h8-9,19H,3-7,10-17H2,1-2H3/b9-8-. The number of nitrogens with zero attached hydrogens (tertiary/aromatic N) is 1. The molecule has 0 aromatic heterocycles. The lowest BCUT2D eigenvalue weighted by atomic mass is 10.0. The van der Waals surface area contributed by atoms with Gasteiger partial charge in [0.1, 0.15) is 0 Å². The maximum absolute atomic E-state index is 8.68. The highest BCUT2D eigenvalue weighted by molar-refractivity contribution is 4.81. The first-order valence-electron chi connectivity index (χ1n) is 8.85. The van der Waals surface area contributed by atoms with E-state index in [-0.39, 0.29) is 5.92 Å². The molecule has 1 nitrogen and oxygen atoms in total. The Morgan fingerprint density at radius 3 is 1.85 bits per heavy atom. The highest BCUT2D eigenvalue weighted by Gasteiger charge is 1.98. The summed E-state index contributed by atoms with van der Waals surface area (Å²) < 4.78 is 0. The highest BCUT2D eigenvalue weighted by atomic mass is 14.3. The number of allylic oxidation sites excluding steroid dienone is 2. The Bertz CT molecular complexity index is 249. The van der Waals surface area contributed by atoms with Gasteiger partial charge in [0, 0.05) is 5.92 Å². The van der Waals surface area contributed by atoms with Crippen molar-refractivity contribution in [2.45, 2.75) is 97.3 Å². The molecule has 0 aromatic rings. The van der Waals surface area contributed by atoms with Crippen LogP contribution in [0.25, 0.3) is 0 Å². The Kier molecular flexibility index (Phi) is 15.7. The van der Waals surface area contributed by atoms with Gasteiger partial charge in [-0.3, -0.25) is 0 Å². The van der Waals surface area contributed by atoms with Crippen molar-refractivity contribution in [1.82, 2.24) is 0 Å². The molecule has 0 radical (unpaired) electrons. The summed E-state index contributed by atoms with van der Waals surface area (Å²) in [5, 5.41) is 8.68. The molecule has 20 heavy (non-hydrogen) atoms. The van der Waals surface area contributed by atoms with E-state index in [1.807, 2.05) is 6.92 Å². The Balaban J connectivity index is 3.09. The van der Waals surface area contributed by atoms with E-state index in [4.69, 9.17) is 5.26 Å². The van der Waals surface area contributed by atoms with E-state index in [2.05, 4.69) is 25.1 Å². The Morgan fingerprint density at radius 1 is 0.800 bits per heavy atom. The summed E-state index contributed by atoms with van der Waals surface area (Å²) in [5.74, 6) is 0.248. The van der Waals surface area contributed by atoms with Crippen LogP contribution in [-0.4, -0.2) is 0 Å². The first-order chi connectivity index (χ1) is 9.81.